The number of aromatic amines is 1. The van der Waals surface area contributed by atoms with Gasteiger partial charge in [0.15, 0.2) is 0 Å². The molecule has 0 saturated heterocycles. The van der Waals surface area contributed by atoms with Crippen molar-refractivity contribution < 1.29 is 4.79 Å². The van der Waals surface area contributed by atoms with Crippen LogP contribution >= 0.6 is 11.8 Å². The Balaban J connectivity index is 1.58. The van der Waals surface area contributed by atoms with Crippen molar-refractivity contribution in [3.63, 3.8) is 0 Å². The fourth-order valence-corrected chi connectivity index (χ4v) is 3.53. The van der Waals surface area contributed by atoms with Crippen LogP contribution in [-0.2, 0) is 17.7 Å². The first-order valence-electron chi connectivity index (χ1n) is 9.26. The fraction of sp³-hybridized carbons (Fsp3) is 0.318. The Morgan fingerprint density at radius 1 is 1.14 bits per heavy atom. The molecule has 2 heterocycles. The van der Waals surface area contributed by atoms with E-state index in [1.54, 1.807) is 22.9 Å². The van der Waals surface area contributed by atoms with Crippen molar-refractivity contribution >= 4 is 17.7 Å². The van der Waals surface area contributed by atoms with E-state index in [0.717, 1.165) is 22.2 Å². The Hall–Kier alpha value is -2.60. The van der Waals surface area contributed by atoms with Crippen LogP contribution in [0.15, 0.2) is 59.8 Å². The monoisotopic (exact) mass is 394 g/mol. The lowest BCUT2D eigenvalue weighted by molar-refractivity contribution is 0.0783. The van der Waals surface area contributed by atoms with E-state index in [-0.39, 0.29) is 11.3 Å². The zero-order chi connectivity index (χ0) is 20.1. The summed E-state index contributed by atoms with van der Waals surface area (Å²) < 4.78 is 0. The Morgan fingerprint density at radius 2 is 1.89 bits per heavy atom. The molecule has 6 heteroatoms. The van der Waals surface area contributed by atoms with E-state index in [1.807, 2.05) is 55.6 Å². The van der Waals surface area contributed by atoms with Gasteiger partial charge in [-0.2, -0.15) is 5.10 Å². The van der Waals surface area contributed by atoms with E-state index in [2.05, 4.69) is 36.0 Å². The van der Waals surface area contributed by atoms with Gasteiger partial charge >= 0.3 is 0 Å². The third-order valence-electron chi connectivity index (χ3n) is 4.38. The van der Waals surface area contributed by atoms with Gasteiger partial charge in [-0.25, -0.2) is 4.98 Å². The third-order valence-corrected chi connectivity index (χ3v) is 5.39. The van der Waals surface area contributed by atoms with Gasteiger partial charge in [0.1, 0.15) is 0 Å². The van der Waals surface area contributed by atoms with Gasteiger partial charge < -0.3 is 4.90 Å². The van der Waals surface area contributed by atoms with Crippen LogP contribution < -0.4 is 0 Å². The van der Waals surface area contributed by atoms with Gasteiger partial charge in [-0.15, -0.1) is 11.8 Å². The van der Waals surface area contributed by atoms with E-state index in [9.17, 15) is 4.79 Å². The number of thioether (sulfide) groups is 1. The summed E-state index contributed by atoms with van der Waals surface area (Å²) in [5.74, 6) is 0.821. The van der Waals surface area contributed by atoms with Crippen LogP contribution in [0.2, 0.25) is 0 Å². The number of amides is 1. The number of carbonyl (C=O) groups is 1. The van der Waals surface area contributed by atoms with Crippen LogP contribution in [0, 0.1) is 0 Å². The minimum atomic E-state index is -0.0134. The van der Waals surface area contributed by atoms with Crippen LogP contribution in [0.5, 0.6) is 0 Å². The quantitative estimate of drug-likeness (QED) is 0.617. The van der Waals surface area contributed by atoms with E-state index >= 15 is 0 Å². The van der Waals surface area contributed by atoms with Crippen molar-refractivity contribution in [1.29, 1.82) is 0 Å². The molecule has 5 nitrogen and oxygen atoms in total. The van der Waals surface area contributed by atoms with Gasteiger partial charge in [0.05, 0.1) is 23.0 Å². The molecule has 3 aromatic rings. The maximum atomic E-state index is 12.7. The van der Waals surface area contributed by atoms with E-state index in [0.29, 0.717) is 12.1 Å². The number of rotatable bonds is 6. The van der Waals surface area contributed by atoms with Crippen molar-refractivity contribution in [2.24, 2.45) is 0 Å². The van der Waals surface area contributed by atoms with Crippen molar-refractivity contribution in [1.82, 2.24) is 20.1 Å². The number of nitrogens with zero attached hydrogens (tertiary/aromatic N) is 3. The zero-order valence-corrected chi connectivity index (χ0v) is 17.6. The summed E-state index contributed by atoms with van der Waals surface area (Å²) in [4.78, 5) is 18.7. The largest absolute Gasteiger partial charge is 0.336 e. The number of H-pyrrole nitrogens is 1. The highest BCUT2D eigenvalue weighted by Crippen LogP contribution is 2.22. The number of nitrogens with one attached hydrogen (secondary N) is 1. The molecule has 0 aliphatic heterocycles. The molecule has 1 amide bonds. The van der Waals surface area contributed by atoms with Gasteiger partial charge in [0.25, 0.3) is 5.91 Å². The lowest BCUT2D eigenvalue weighted by Gasteiger charge is -2.16. The molecule has 0 saturated carbocycles. The van der Waals surface area contributed by atoms with Gasteiger partial charge in [-0.3, -0.25) is 9.89 Å². The van der Waals surface area contributed by atoms with Crippen LogP contribution in [0.1, 0.15) is 48.1 Å². The number of aromatic nitrogens is 3. The van der Waals surface area contributed by atoms with Crippen molar-refractivity contribution in [3.05, 3.63) is 77.2 Å². The Morgan fingerprint density at radius 3 is 2.50 bits per heavy atom. The summed E-state index contributed by atoms with van der Waals surface area (Å²) in [6.45, 7) is 6.86. The van der Waals surface area contributed by atoms with Crippen LogP contribution in [-0.4, -0.2) is 33.0 Å². The predicted molar refractivity (Wildman–Crippen MR) is 113 cm³/mol. The molecule has 28 heavy (non-hydrogen) atoms. The first-order chi connectivity index (χ1) is 13.3. The number of pyridine rings is 1. The molecule has 0 radical (unpaired) electrons. The third kappa shape index (κ3) is 5.23. The second kappa shape index (κ2) is 8.61. The number of hydrogen-bond donors (Lipinski definition) is 1. The van der Waals surface area contributed by atoms with Gasteiger partial charge in [-0.1, -0.05) is 39.0 Å². The minimum Gasteiger partial charge on any atom is -0.336 e. The fourth-order valence-electron chi connectivity index (χ4n) is 2.71. The van der Waals surface area contributed by atoms with Crippen LogP contribution in [0.25, 0.3) is 0 Å². The van der Waals surface area contributed by atoms with Crippen molar-refractivity contribution in [3.8, 4) is 0 Å². The highest BCUT2D eigenvalue weighted by atomic mass is 32.2. The highest BCUT2D eigenvalue weighted by Gasteiger charge is 2.19. The molecule has 0 unspecified atom stereocenters. The average molecular weight is 395 g/mol. The Bertz CT molecular complexity index is 914. The minimum absolute atomic E-state index is 0.00385. The Labute approximate surface area is 170 Å². The average Bonchev–Trinajstić information content (AvgIpc) is 3.16. The topological polar surface area (TPSA) is 61.9 Å². The van der Waals surface area contributed by atoms with Gasteiger partial charge in [0.2, 0.25) is 0 Å². The summed E-state index contributed by atoms with van der Waals surface area (Å²) in [7, 11) is 1.81. The predicted octanol–water partition coefficient (Wildman–Crippen LogP) is 4.67. The highest BCUT2D eigenvalue weighted by molar-refractivity contribution is 7.98. The molecule has 3 rings (SSSR count). The summed E-state index contributed by atoms with van der Waals surface area (Å²) in [5.41, 5.74) is 3.77. The van der Waals surface area contributed by atoms with E-state index < -0.39 is 0 Å². The molecule has 0 spiro atoms. The molecule has 0 bridgehead atoms. The van der Waals surface area contributed by atoms with Crippen LogP contribution in [0.4, 0.5) is 0 Å². The van der Waals surface area contributed by atoms with Crippen molar-refractivity contribution in [2.45, 2.75) is 43.5 Å². The van der Waals surface area contributed by atoms with Gasteiger partial charge in [-0.05, 0) is 35.9 Å². The second-order valence-corrected chi connectivity index (χ2v) is 8.84. The summed E-state index contributed by atoms with van der Waals surface area (Å²) in [6.07, 6.45) is 1.80. The molecule has 0 fully saturated rings. The van der Waals surface area contributed by atoms with Gasteiger partial charge in [0, 0.05) is 30.0 Å². The Kier molecular flexibility index (Phi) is 6.19. The first kappa shape index (κ1) is 20.1. The maximum Gasteiger partial charge on any atom is 0.253 e. The lowest BCUT2D eigenvalue weighted by Crippen LogP contribution is -2.26. The van der Waals surface area contributed by atoms with E-state index in [1.165, 1.54) is 5.56 Å². The zero-order valence-electron chi connectivity index (χ0n) is 16.8. The molecule has 0 atom stereocenters. The maximum absolute atomic E-state index is 12.7. The van der Waals surface area contributed by atoms with Crippen LogP contribution in [0.3, 0.4) is 0 Å². The molecular weight excluding hydrogens is 368 g/mol. The molecule has 0 aliphatic carbocycles. The number of benzene rings is 1. The first-order valence-corrected chi connectivity index (χ1v) is 10.2. The standard InChI is InChI=1S/C22H26N4OS/c1-22(2,3)19-13-18(24-25-19)14-26(4)21(27)17-10-8-16(9-11-17)15-28-20-7-5-6-12-23-20/h5-13H,14-15H2,1-4H3,(H,24,25). The summed E-state index contributed by atoms with van der Waals surface area (Å²) in [6, 6.07) is 15.7. The molecular formula is C22H26N4OS. The molecule has 2 aromatic heterocycles. The smallest absolute Gasteiger partial charge is 0.253 e. The molecule has 146 valence electrons. The number of carbonyl (C=O) groups excluding carboxylic acids is 1. The lowest BCUT2D eigenvalue weighted by atomic mass is 9.92. The van der Waals surface area contributed by atoms with E-state index in [4.69, 9.17) is 0 Å². The SMILES string of the molecule is CN(Cc1cc(C(C)(C)C)n[nH]1)C(=O)c1ccc(CSc2ccccn2)cc1. The molecule has 0 aliphatic rings. The van der Waals surface area contributed by atoms with Crippen molar-refractivity contribution in [2.75, 3.05) is 7.05 Å². The second-order valence-electron chi connectivity index (χ2n) is 7.84. The summed E-state index contributed by atoms with van der Waals surface area (Å²) >= 11 is 1.68. The molecule has 1 aromatic carbocycles. The normalized spacial score (nSPS) is 11.4. The number of hydrogen-bond acceptors (Lipinski definition) is 4. The molecule has 1 N–H and O–H groups in total. The summed E-state index contributed by atoms with van der Waals surface area (Å²) in [5, 5.41) is 8.39.